The summed E-state index contributed by atoms with van der Waals surface area (Å²) in [6, 6.07) is 6.99. The maximum absolute atomic E-state index is 13.7. The lowest BCUT2D eigenvalue weighted by Gasteiger charge is -2.41. The standard InChI is InChI=1S/C30H33F7N2O3/c1-17(21-13-22(29(32,33)34)15-23(14-21)30(35,36)37)42-27-11-12-39(16-26(27)19-3-7-24(31)8-4-19)28(41)20-5-9-25(10-6-20)38-18(2)40/h3-4,7-8,13-15,17,20,25-27H,5-6,9-12,16H2,1-2H3,(H,38,40)/t17-,20?,25?,26+,27+/m1/s1. The molecule has 0 aromatic heterocycles. The van der Waals surface area contributed by atoms with Gasteiger partial charge >= 0.3 is 12.4 Å². The number of nitrogens with zero attached hydrogens (tertiary/aromatic N) is 1. The molecule has 1 saturated heterocycles. The van der Waals surface area contributed by atoms with Crippen LogP contribution in [0.2, 0.25) is 0 Å². The number of amides is 2. The SMILES string of the molecule is CC(=O)NC1CCC(C(=O)N2CC[C@H](O[C@H](C)c3cc(C(F)(F)F)cc(C(F)(F)F)c3)[C@H](c3ccc(F)cc3)C2)CC1. The molecule has 2 aromatic carbocycles. The Hall–Kier alpha value is -3.15. The van der Waals surface area contributed by atoms with Crippen molar-refractivity contribution in [2.45, 2.75) is 82.5 Å². The van der Waals surface area contributed by atoms with Crippen molar-refractivity contribution in [3.8, 4) is 0 Å². The molecule has 0 spiro atoms. The molecular weight excluding hydrogens is 569 g/mol. The first-order valence-corrected chi connectivity index (χ1v) is 13.9. The van der Waals surface area contributed by atoms with Crippen LogP contribution in [0.5, 0.6) is 0 Å². The maximum Gasteiger partial charge on any atom is 0.416 e. The third-order valence-corrected chi connectivity index (χ3v) is 8.10. The first kappa shape index (κ1) is 31.8. The summed E-state index contributed by atoms with van der Waals surface area (Å²) in [5.41, 5.74) is -2.48. The van der Waals surface area contributed by atoms with Crippen LogP contribution < -0.4 is 5.32 Å². The van der Waals surface area contributed by atoms with Gasteiger partial charge in [-0.2, -0.15) is 26.3 Å². The van der Waals surface area contributed by atoms with E-state index in [0.29, 0.717) is 43.4 Å². The lowest BCUT2D eigenvalue weighted by Crippen LogP contribution is -2.49. The van der Waals surface area contributed by atoms with Gasteiger partial charge in [0.2, 0.25) is 11.8 Å². The van der Waals surface area contributed by atoms with E-state index in [4.69, 9.17) is 4.74 Å². The Kier molecular flexibility index (Phi) is 9.54. The van der Waals surface area contributed by atoms with Gasteiger partial charge in [0, 0.05) is 37.9 Å². The molecule has 2 amide bonds. The molecule has 42 heavy (non-hydrogen) atoms. The van der Waals surface area contributed by atoms with Gasteiger partial charge in [-0.25, -0.2) is 4.39 Å². The second kappa shape index (κ2) is 12.6. The number of likely N-dealkylation sites (tertiary alicyclic amines) is 1. The fraction of sp³-hybridized carbons (Fsp3) is 0.533. The van der Waals surface area contributed by atoms with E-state index in [9.17, 15) is 40.3 Å². The predicted octanol–water partition coefficient (Wildman–Crippen LogP) is 7.02. The number of ether oxygens (including phenoxy) is 1. The number of alkyl halides is 6. The van der Waals surface area contributed by atoms with E-state index in [-0.39, 0.29) is 54.9 Å². The summed E-state index contributed by atoms with van der Waals surface area (Å²) in [4.78, 5) is 26.5. The number of piperidine rings is 1. The van der Waals surface area contributed by atoms with Crippen LogP contribution in [0.3, 0.4) is 0 Å². The van der Waals surface area contributed by atoms with E-state index in [1.54, 1.807) is 17.0 Å². The monoisotopic (exact) mass is 602 g/mol. The highest BCUT2D eigenvalue weighted by atomic mass is 19.4. The van der Waals surface area contributed by atoms with Crippen molar-refractivity contribution in [2.24, 2.45) is 5.92 Å². The quantitative estimate of drug-likeness (QED) is 0.362. The van der Waals surface area contributed by atoms with Crippen molar-refractivity contribution in [3.63, 3.8) is 0 Å². The van der Waals surface area contributed by atoms with E-state index in [0.717, 1.165) is 0 Å². The lowest BCUT2D eigenvalue weighted by atomic mass is 9.83. The normalized spacial score (nSPS) is 24.3. The Balaban J connectivity index is 1.53. The second-order valence-electron chi connectivity index (χ2n) is 11.1. The molecule has 2 aromatic rings. The van der Waals surface area contributed by atoms with Gasteiger partial charge < -0.3 is 15.0 Å². The van der Waals surface area contributed by atoms with Crippen LogP contribution in [0.4, 0.5) is 30.7 Å². The van der Waals surface area contributed by atoms with E-state index in [1.807, 2.05) is 0 Å². The van der Waals surface area contributed by atoms with Crippen molar-refractivity contribution >= 4 is 11.8 Å². The van der Waals surface area contributed by atoms with Gasteiger partial charge in [0.05, 0.1) is 23.3 Å². The number of hydrogen-bond acceptors (Lipinski definition) is 3. The van der Waals surface area contributed by atoms with Crippen molar-refractivity contribution in [1.29, 1.82) is 0 Å². The van der Waals surface area contributed by atoms with Crippen molar-refractivity contribution in [1.82, 2.24) is 10.2 Å². The minimum Gasteiger partial charge on any atom is -0.370 e. The van der Waals surface area contributed by atoms with Crippen molar-refractivity contribution < 1.29 is 45.1 Å². The first-order valence-electron chi connectivity index (χ1n) is 13.9. The molecule has 1 aliphatic heterocycles. The number of halogens is 7. The molecule has 5 nitrogen and oxygen atoms in total. The molecule has 2 aliphatic rings. The van der Waals surface area contributed by atoms with E-state index >= 15 is 0 Å². The molecule has 1 heterocycles. The number of rotatable bonds is 6. The minimum absolute atomic E-state index is 0.0212. The highest BCUT2D eigenvalue weighted by molar-refractivity contribution is 5.79. The van der Waals surface area contributed by atoms with E-state index in [2.05, 4.69) is 5.32 Å². The topological polar surface area (TPSA) is 58.6 Å². The largest absolute Gasteiger partial charge is 0.416 e. The fourth-order valence-corrected chi connectivity index (χ4v) is 5.91. The zero-order chi connectivity index (χ0) is 30.8. The Morgan fingerprint density at radius 3 is 2.00 bits per heavy atom. The number of benzene rings is 2. The van der Waals surface area contributed by atoms with E-state index < -0.39 is 47.4 Å². The zero-order valence-electron chi connectivity index (χ0n) is 23.2. The molecule has 1 aliphatic carbocycles. The Labute approximate surface area is 239 Å². The summed E-state index contributed by atoms with van der Waals surface area (Å²) >= 11 is 0. The molecule has 1 saturated carbocycles. The highest BCUT2D eigenvalue weighted by Gasteiger charge is 2.40. The van der Waals surface area contributed by atoms with Crippen LogP contribution in [0.15, 0.2) is 42.5 Å². The summed E-state index contributed by atoms with van der Waals surface area (Å²) in [5.74, 6) is -1.38. The van der Waals surface area contributed by atoms with Crippen LogP contribution in [-0.4, -0.2) is 41.9 Å². The number of nitrogens with one attached hydrogen (secondary N) is 1. The van der Waals surface area contributed by atoms with Crippen molar-refractivity contribution in [3.05, 3.63) is 70.5 Å². The van der Waals surface area contributed by atoms with Crippen molar-refractivity contribution in [2.75, 3.05) is 13.1 Å². The average molecular weight is 603 g/mol. The van der Waals surface area contributed by atoms with Gasteiger partial charge in [-0.3, -0.25) is 9.59 Å². The van der Waals surface area contributed by atoms with Gasteiger partial charge in [-0.05, 0) is 80.5 Å². The van der Waals surface area contributed by atoms with Crippen LogP contribution in [0, 0.1) is 11.7 Å². The van der Waals surface area contributed by atoms with Gasteiger partial charge in [-0.15, -0.1) is 0 Å². The maximum atomic E-state index is 13.7. The lowest BCUT2D eigenvalue weighted by molar-refractivity contribution is -0.143. The van der Waals surface area contributed by atoms with Crippen LogP contribution in [-0.2, 0) is 26.7 Å². The molecular formula is C30H33F7N2O3. The summed E-state index contributed by atoms with van der Waals surface area (Å²) in [5, 5.41) is 2.88. The summed E-state index contributed by atoms with van der Waals surface area (Å²) in [7, 11) is 0. The Bertz CT molecular complexity index is 1220. The second-order valence-corrected chi connectivity index (χ2v) is 11.1. The molecule has 2 fully saturated rings. The van der Waals surface area contributed by atoms with Crippen LogP contribution in [0.25, 0.3) is 0 Å². The molecule has 0 bridgehead atoms. The molecule has 3 atom stereocenters. The molecule has 230 valence electrons. The third-order valence-electron chi connectivity index (χ3n) is 8.10. The van der Waals surface area contributed by atoms with Crippen LogP contribution >= 0.6 is 0 Å². The predicted molar refractivity (Wildman–Crippen MR) is 140 cm³/mol. The molecule has 1 N–H and O–H groups in total. The smallest absolute Gasteiger partial charge is 0.370 e. The van der Waals surface area contributed by atoms with Gasteiger partial charge in [0.1, 0.15) is 5.82 Å². The first-order chi connectivity index (χ1) is 19.6. The Morgan fingerprint density at radius 1 is 0.905 bits per heavy atom. The summed E-state index contributed by atoms with van der Waals surface area (Å²) < 4.78 is 100. The fourth-order valence-electron chi connectivity index (χ4n) is 5.91. The summed E-state index contributed by atoms with van der Waals surface area (Å²) in [6.45, 7) is 3.32. The molecule has 0 unspecified atom stereocenters. The molecule has 12 heteroatoms. The van der Waals surface area contributed by atoms with E-state index in [1.165, 1.54) is 26.0 Å². The summed E-state index contributed by atoms with van der Waals surface area (Å²) in [6.07, 6.45) is -8.92. The van der Waals surface area contributed by atoms with Gasteiger partial charge in [0.15, 0.2) is 0 Å². The number of carbonyl (C=O) groups excluding carboxylic acids is 2. The Morgan fingerprint density at radius 2 is 1.48 bits per heavy atom. The van der Waals surface area contributed by atoms with Gasteiger partial charge in [0.25, 0.3) is 0 Å². The molecule has 0 radical (unpaired) electrons. The number of carbonyl (C=O) groups is 2. The molecule has 4 rings (SSSR count). The zero-order valence-corrected chi connectivity index (χ0v) is 23.2. The minimum atomic E-state index is -4.99. The number of hydrogen-bond donors (Lipinski definition) is 1. The third kappa shape index (κ3) is 7.81. The van der Waals surface area contributed by atoms with Gasteiger partial charge in [-0.1, -0.05) is 12.1 Å². The average Bonchev–Trinajstić information content (AvgIpc) is 2.92. The van der Waals surface area contributed by atoms with Crippen LogP contribution in [0.1, 0.15) is 80.2 Å². The highest BCUT2D eigenvalue weighted by Crippen LogP contribution is 2.40.